The van der Waals surface area contributed by atoms with Crippen molar-refractivity contribution in [2.75, 3.05) is 6.54 Å². The van der Waals surface area contributed by atoms with E-state index in [2.05, 4.69) is 36.4 Å². The van der Waals surface area contributed by atoms with Gasteiger partial charge in [0.1, 0.15) is 0 Å². The number of rotatable bonds is 5. The van der Waals surface area contributed by atoms with E-state index >= 15 is 0 Å². The minimum Gasteiger partial charge on any atom is -0.349 e. The fourth-order valence-corrected chi connectivity index (χ4v) is 3.34. The SMILES string of the molecule is O=C(NCCn1cc(Br)cn1)c1cc2nc(-c3ccc(Cl)cc3)cc(C(F)(F)F)n2n1. The molecule has 7 nitrogen and oxygen atoms in total. The van der Waals surface area contributed by atoms with Gasteiger partial charge in [-0.1, -0.05) is 23.7 Å². The maximum Gasteiger partial charge on any atom is 0.433 e. The van der Waals surface area contributed by atoms with Gasteiger partial charge >= 0.3 is 6.18 Å². The lowest BCUT2D eigenvalue weighted by atomic mass is 10.1. The van der Waals surface area contributed by atoms with Crippen molar-refractivity contribution in [3.05, 3.63) is 69.7 Å². The average Bonchev–Trinajstić information content (AvgIpc) is 3.33. The van der Waals surface area contributed by atoms with Crippen LogP contribution < -0.4 is 5.32 Å². The van der Waals surface area contributed by atoms with E-state index in [0.717, 1.165) is 10.5 Å². The Labute approximate surface area is 187 Å². The number of alkyl halides is 3. The van der Waals surface area contributed by atoms with Gasteiger partial charge in [-0.15, -0.1) is 0 Å². The predicted molar refractivity (Wildman–Crippen MR) is 111 cm³/mol. The van der Waals surface area contributed by atoms with Gasteiger partial charge in [0.05, 0.1) is 22.9 Å². The molecule has 12 heteroatoms. The highest BCUT2D eigenvalue weighted by Gasteiger charge is 2.35. The Morgan fingerprint density at radius 2 is 1.94 bits per heavy atom. The van der Waals surface area contributed by atoms with Gasteiger partial charge in [0.25, 0.3) is 5.91 Å². The smallest absolute Gasteiger partial charge is 0.349 e. The molecule has 1 N–H and O–H groups in total. The van der Waals surface area contributed by atoms with Crippen molar-refractivity contribution in [2.24, 2.45) is 0 Å². The summed E-state index contributed by atoms with van der Waals surface area (Å²) in [6, 6.07) is 8.36. The van der Waals surface area contributed by atoms with Crippen molar-refractivity contribution in [1.29, 1.82) is 0 Å². The summed E-state index contributed by atoms with van der Waals surface area (Å²) in [5.41, 5.74) is -0.765. The molecule has 1 amide bonds. The summed E-state index contributed by atoms with van der Waals surface area (Å²) in [6.07, 6.45) is -1.36. The Balaban J connectivity index is 1.63. The van der Waals surface area contributed by atoms with Gasteiger partial charge in [0, 0.05) is 29.4 Å². The molecule has 0 unspecified atom stereocenters. The van der Waals surface area contributed by atoms with Crippen LogP contribution in [0.3, 0.4) is 0 Å². The van der Waals surface area contributed by atoms with Crippen molar-refractivity contribution in [1.82, 2.24) is 29.7 Å². The lowest BCUT2D eigenvalue weighted by Crippen LogP contribution is -2.27. The van der Waals surface area contributed by atoms with Crippen molar-refractivity contribution in [2.45, 2.75) is 12.7 Å². The van der Waals surface area contributed by atoms with Crippen LogP contribution in [-0.2, 0) is 12.7 Å². The van der Waals surface area contributed by atoms with Crippen LogP contribution in [0, 0.1) is 0 Å². The third-order valence-corrected chi connectivity index (χ3v) is 4.98. The molecule has 4 rings (SSSR count). The molecule has 3 aromatic heterocycles. The van der Waals surface area contributed by atoms with E-state index in [1.807, 2.05) is 0 Å². The summed E-state index contributed by atoms with van der Waals surface area (Å²) in [6.45, 7) is 0.605. The van der Waals surface area contributed by atoms with E-state index < -0.39 is 17.8 Å². The van der Waals surface area contributed by atoms with Crippen LogP contribution >= 0.6 is 27.5 Å². The Bertz CT molecular complexity index is 1250. The second-order valence-corrected chi connectivity index (χ2v) is 7.86. The number of amides is 1. The molecule has 0 aliphatic carbocycles. The summed E-state index contributed by atoms with van der Waals surface area (Å²) in [4.78, 5) is 16.7. The zero-order valence-electron chi connectivity index (χ0n) is 15.6. The number of nitrogens with zero attached hydrogens (tertiary/aromatic N) is 5. The van der Waals surface area contributed by atoms with Crippen molar-refractivity contribution in [3.8, 4) is 11.3 Å². The Kier molecular flexibility index (Phi) is 5.71. The van der Waals surface area contributed by atoms with Gasteiger partial charge in [-0.05, 0) is 34.1 Å². The number of benzene rings is 1. The number of aromatic nitrogens is 5. The Morgan fingerprint density at radius 3 is 2.58 bits per heavy atom. The molecule has 0 saturated carbocycles. The van der Waals surface area contributed by atoms with Gasteiger partial charge in [0.2, 0.25) is 0 Å². The zero-order valence-corrected chi connectivity index (χ0v) is 17.9. The fraction of sp³-hybridized carbons (Fsp3) is 0.158. The molecule has 0 bridgehead atoms. The third kappa shape index (κ3) is 4.72. The van der Waals surface area contributed by atoms with Crippen molar-refractivity contribution >= 4 is 39.1 Å². The van der Waals surface area contributed by atoms with Crippen molar-refractivity contribution in [3.63, 3.8) is 0 Å². The molecule has 0 spiro atoms. The Morgan fingerprint density at radius 1 is 1.19 bits per heavy atom. The molecule has 4 aromatic rings. The first-order chi connectivity index (χ1) is 14.7. The predicted octanol–water partition coefficient (Wildman–Crippen LogP) is 4.46. The second kappa shape index (κ2) is 8.31. The van der Waals surface area contributed by atoms with Crippen LogP contribution in [0.15, 0.2) is 53.3 Å². The van der Waals surface area contributed by atoms with Gasteiger partial charge in [-0.2, -0.15) is 23.4 Å². The lowest BCUT2D eigenvalue weighted by molar-refractivity contribution is -0.142. The molecule has 0 atom stereocenters. The fourth-order valence-electron chi connectivity index (χ4n) is 2.89. The first kappa shape index (κ1) is 21.3. The van der Waals surface area contributed by atoms with E-state index in [4.69, 9.17) is 11.6 Å². The molecule has 160 valence electrons. The normalized spacial score (nSPS) is 11.8. The van der Waals surface area contributed by atoms with Crippen LogP contribution in [0.5, 0.6) is 0 Å². The van der Waals surface area contributed by atoms with E-state index in [1.54, 1.807) is 41.3 Å². The standard InChI is InChI=1S/C19H13BrClF3N6O/c20-12-9-26-29(10-12)6-5-25-18(31)15-8-17-27-14(11-1-3-13(21)4-2-11)7-16(19(22,23)24)30(17)28-15/h1-4,7-10H,5-6H2,(H,25,31). The minimum atomic E-state index is -4.70. The zero-order chi connectivity index (χ0) is 22.2. The Hall–Kier alpha value is -2.92. The van der Waals surface area contributed by atoms with Gasteiger partial charge < -0.3 is 5.32 Å². The molecule has 31 heavy (non-hydrogen) atoms. The van der Waals surface area contributed by atoms with Gasteiger partial charge in [0.15, 0.2) is 17.0 Å². The number of carbonyl (C=O) groups is 1. The first-order valence-corrected chi connectivity index (χ1v) is 10.1. The topological polar surface area (TPSA) is 77.1 Å². The number of carbonyl (C=O) groups excluding carboxylic acids is 1. The van der Waals surface area contributed by atoms with E-state index in [-0.39, 0.29) is 23.6 Å². The van der Waals surface area contributed by atoms with E-state index in [1.165, 1.54) is 6.07 Å². The van der Waals surface area contributed by atoms with Crippen LogP contribution in [0.2, 0.25) is 5.02 Å². The maximum absolute atomic E-state index is 13.7. The summed E-state index contributed by atoms with van der Waals surface area (Å²) < 4.78 is 44.0. The molecule has 0 aliphatic heterocycles. The highest BCUT2D eigenvalue weighted by Crippen LogP contribution is 2.32. The highest BCUT2D eigenvalue weighted by molar-refractivity contribution is 9.10. The number of hydrogen-bond donors (Lipinski definition) is 1. The summed E-state index contributed by atoms with van der Waals surface area (Å²) >= 11 is 9.12. The molecule has 1 aromatic carbocycles. The lowest BCUT2D eigenvalue weighted by Gasteiger charge is -2.11. The molecular formula is C19H13BrClF3N6O. The summed E-state index contributed by atoms with van der Waals surface area (Å²) in [5, 5.41) is 11.0. The molecule has 0 fully saturated rings. The third-order valence-electron chi connectivity index (χ3n) is 4.32. The molecule has 0 radical (unpaired) electrons. The molecule has 0 aliphatic rings. The molecular weight excluding hydrogens is 501 g/mol. The number of fused-ring (bicyclic) bond motifs is 1. The monoisotopic (exact) mass is 512 g/mol. The molecule has 3 heterocycles. The minimum absolute atomic E-state index is 0.0904. The molecule has 0 saturated heterocycles. The van der Waals surface area contributed by atoms with E-state index in [0.29, 0.717) is 21.6 Å². The number of hydrogen-bond acceptors (Lipinski definition) is 4. The van der Waals surface area contributed by atoms with Crippen LogP contribution in [0.1, 0.15) is 16.2 Å². The van der Waals surface area contributed by atoms with Gasteiger partial charge in [-0.3, -0.25) is 9.48 Å². The quantitative estimate of drug-likeness (QED) is 0.428. The van der Waals surface area contributed by atoms with Crippen LogP contribution in [0.25, 0.3) is 16.9 Å². The maximum atomic E-state index is 13.7. The van der Waals surface area contributed by atoms with Gasteiger partial charge in [-0.25, -0.2) is 9.50 Å². The van der Waals surface area contributed by atoms with Crippen LogP contribution in [0.4, 0.5) is 13.2 Å². The highest BCUT2D eigenvalue weighted by atomic mass is 79.9. The summed E-state index contributed by atoms with van der Waals surface area (Å²) in [5.74, 6) is -0.613. The largest absolute Gasteiger partial charge is 0.433 e. The first-order valence-electron chi connectivity index (χ1n) is 8.91. The number of nitrogens with one attached hydrogen (secondary N) is 1. The summed E-state index contributed by atoms with van der Waals surface area (Å²) in [7, 11) is 0. The number of halogens is 5. The average molecular weight is 514 g/mol. The van der Waals surface area contributed by atoms with E-state index in [9.17, 15) is 18.0 Å². The van der Waals surface area contributed by atoms with Crippen LogP contribution in [-0.4, -0.2) is 36.8 Å². The van der Waals surface area contributed by atoms with Crippen molar-refractivity contribution < 1.29 is 18.0 Å². The second-order valence-electron chi connectivity index (χ2n) is 6.51.